The maximum absolute atomic E-state index is 12.8. The Labute approximate surface area is 143 Å². The standard InChI is InChI=1S/C17H26N2O4S/c1-3-6-12(2)18-15-10-9-13(17(20)21)11-16(15)24(22,23)19-14-7-4-5-8-14/h9-12,14,18-19H,3-8H2,1-2H3,(H,20,21)/t12-/m1/s1. The number of rotatable bonds is 8. The van der Waals surface area contributed by atoms with Crippen LogP contribution in [-0.2, 0) is 10.0 Å². The molecule has 0 aliphatic heterocycles. The second kappa shape index (κ2) is 7.98. The van der Waals surface area contributed by atoms with Crippen LogP contribution >= 0.6 is 0 Å². The summed E-state index contributed by atoms with van der Waals surface area (Å²) in [6.45, 7) is 4.04. The van der Waals surface area contributed by atoms with Crippen molar-refractivity contribution in [3.05, 3.63) is 23.8 Å². The van der Waals surface area contributed by atoms with E-state index in [1.54, 1.807) is 6.07 Å². The summed E-state index contributed by atoms with van der Waals surface area (Å²) in [6, 6.07) is 4.24. The molecule has 2 rings (SSSR count). The van der Waals surface area contributed by atoms with Gasteiger partial charge in [-0.3, -0.25) is 0 Å². The lowest BCUT2D eigenvalue weighted by Gasteiger charge is -2.20. The molecule has 0 bridgehead atoms. The first kappa shape index (κ1) is 18.7. The third kappa shape index (κ3) is 4.70. The Bertz CT molecular complexity index is 682. The molecule has 0 aromatic heterocycles. The van der Waals surface area contributed by atoms with Crippen molar-refractivity contribution in [3.8, 4) is 0 Å². The molecule has 1 aliphatic rings. The average Bonchev–Trinajstić information content (AvgIpc) is 2.99. The second-order valence-corrected chi connectivity index (χ2v) is 8.14. The molecule has 3 N–H and O–H groups in total. The number of hydrogen-bond donors (Lipinski definition) is 3. The predicted octanol–water partition coefficient (Wildman–Crippen LogP) is 3.21. The van der Waals surface area contributed by atoms with Gasteiger partial charge in [0.25, 0.3) is 0 Å². The van der Waals surface area contributed by atoms with Gasteiger partial charge in [-0.1, -0.05) is 26.2 Å². The van der Waals surface area contributed by atoms with Gasteiger partial charge < -0.3 is 10.4 Å². The number of benzene rings is 1. The number of sulfonamides is 1. The summed E-state index contributed by atoms with van der Waals surface area (Å²) >= 11 is 0. The Morgan fingerprint density at radius 1 is 1.33 bits per heavy atom. The number of aromatic carboxylic acids is 1. The van der Waals surface area contributed by atoms with Gasteiger partial charge in [0.15, 0.2) is 0 Å². The van der Waals surface area contributed by atoms with Crippen LogP contribution in [0.4, 0.5) is 5.69 Å². The monoisotopic (exact) mass is 354 g/mol. The van der Waals surface area contributed by atoms with E-state index >= 15 is 0 Å². The molecule has 1 aromatic carbocycles. The molecule has 1 atom stereocenters. The molecule has 1 saturated carbocycles. The van der Waals surface area contributed by atoms with Crippen LogP contribution in [0.2, 0.25) is 0 Å². The van der Waals surface area contributed by atoms with Crippen molar-refractivity contribution in [3.63, 3.8) is 0 Å². The SMILES string of the molecule is CCC[C@@H](C)Nc1ccc(C(=O)O)cc1S(=O)(=O)NC1CCCC1. The first-order valence-corrected chi connectivity index (χ1v) is 9.98. The number of carbonyl (C=O) groups is 1. The third-order valence-corrected chi connectivity index (χ3v) is 5.88. The fourth-order valence-electron chi connectivity index (χ4n) is 3.09. The zero-order valence-electron chi connectivity index (χ0n) is 14.2. The van der Waals surface area contributed by atoms with Crippen LogP contribution in [0.3, 0.4) is 0 Å². The lowest BCUT2D eigenvalue weighted by atomic mass is 10.1. The molecule has 1 aromatic rings. The van der Waals surface area contributed by atoms with Crippen LogP contribution in [-0.4, -0.2) is 31.6 Å². The Morgan fingerprint density at radius 3 is 2.58 bits per heavy atom. The zero-order valence-corrected chi connectivity index (χ0v) is 15.0. The largest absolute Gasteiger partial charge is 0.478 e. The van der Waals surface area contributed by atoms with Crippen molar-refractivity contribution in [2.45, 2.75) is 69.4 Å². The molecule has 0 radical (unpaired) electrons. The van der Waals surface area contributed by atoms with Crippen molar-refractivity contribution < 1.29 is 18.3 Å². The summed E-state index contributed by atoms with van der Waals surface area (Å²) in [4.78, 5) is 11.2. The van der Waals surface area contributed by atoms with Crippen LogP contribution in [0, 0.1) is 0 Å². The molecule has 134 valence electrons. The molecule has 1 fully saturated rings. The van der Waals surface area contributed by atoms with Gasteiger partial charge in [0.1, 0.15) is 4.90 Å². The number of carboxylic acids is 1. The van der Waals surface area contributed by atoms with E-state index in [0.717, 1.165) is 38.5 Å². The van der Waals surface area contributed by atoms with E-state index in [-0.39, 0.29) is 22.5 Å². The van der Waals surface area contributed by atoms with Gasteiger partial charge in [-0.05, 0) is 44.4 Å². The van der Waals surface area contributed by atoms with Crippen molar-refractivity contribution in [1.82, 2.24) is 4.72 Å². The molecule has 0 saturated heterocycles. The first-order valence-electron chi connectivity index (χ1n) is 8.49. The van der Waals surface area contributed by atoms with Crippen LogP contribution in [0.5, 0.6) is 0 Å². The van der Waals surface area contributed by atoms with E-state index in [1.165, 1.54) is 12.1 Å². The average molecular weight is 354 g/mol. The third-order valence-electron chi connectivity index (χ3n) is 4.32. The quantitative estimate of drug-likeness (QED) is 0.666. The van der Waals surface area contributed by atoms with Gasteiger partial charge in [-0.25, -0.2) is 17.9 Å². The van der Waals surface area contributed by atoms with Crippen LogP contribution in [0.15, 0.2) is 23.1 Å². The Kier molecular flexibility index (Phi) is 6.23. The molecule has 0 amide bonds. The first-order chi connectivity index (χ1) is 11.3. The van der Waals surface area contributed by atoms with Gasteiger partial charge in [0, 0.05) is 12.1 Å². The lowest BCUT2D eigenvalue weighted by Crippen LogP contribution is -2.33. The second-order valence-electron chi connectivity index (χ2n) is 6.45. The predicted molar refractivity (Wildman–Crippen MR) is 94.0 cm³/mol. The van der Waals surface area contributed by atoms with Crippen molar-refractivity contribution >= 4 is 21.7 Å². The van der Waals surface area contributed by atoms with Crippen molar-refractivity contribution in [1.29, 1.82) is 0 Å². The zero-order chi connectivity index (χ0) is 17.7. The van der Waals surface area contributed by atoms with E-state index in [4.69, 9.17) is 0 Å². The van der Waals surface area contributed by atoms with E-state index in [1.807, 2.05) is 6.92 Å². The van der Waals surface area contributed by atoms with Gasteiger partial charge in [-0.15, -0.1) is 0 Å². The van der Waals surface area contributed by atoms with Gasteiger partial charge >= 0.3 is 5.97 Å². The molecule has 1 aliphatic carbocycles. The van der Waals surface area contributed by atoms with Crippen molar-refractivity contribution in [2.24, 2.45) is 0 Å². The van der Waals surface area contributed by atoms with Crippen molar-refractivity contribution in [2.75, 3.05) is 5.32 Å². The molecule has 0 unspecified atom stereocenters. The normalized spacial score (nSPS) is 16.9. The molecule has 0 heterocycles. The highest BCUT2D eigenvalue weighted by molar-refractivity contribution is 7.89. The van der Waals surface area contributed by atoms with Crippen LogP contribution < -0.4 is 10.0 Å². The summed E-state index contributed by atoms with van der Waals surface area (Å²) in [7, 11) is -3.77. The van der Waals surface area contributed by atoms with E-state index in [9.17, 15) is 18.3 Å². The minimum Gasteiger partial charge on any atom is -0.478 e. The van der Waals surface area contributed by atoms with Crippen LogP contribution in [0.25, 0.3) is 0 Å². The van der Waals surface area contributed by atoms with Gasteiger partial charge in [0.2, 0.25) is 10.0 Å². The highest BCUT2D eigenvalue weighted by Gasteiger charge is 2.26. The van der Waals surface area contributed by atoms with E-state index in [2.05, 4.69) is 17.0 Å². The van der Waals surface area contributed by atoms with E-state index < -0.39 is 16.0 Å². The van der Waals surface area contributed by atoms with E-state index in [0.29, 0.717) is 5.69 Å². The molecule has 6 nitrogen and oxygen atoms in total. The Hall–Kier alpha value is -1.60. The number of nitrogens with one attached hydrogen (secondary N) is 2. The number of carboxylic acid groups (broad SMARTS) is 1. The molecule has 7 heteroatoms. The fraction of sp³-hybridized carbons (Fsp3) is 0.588. The topological polar surface area (TPSA) is 95.5 Å². The minimum absolute atomic E-state index is 0.0113. The number of hydrogen-bond acceptors (Lipinski definition) is 4. The van der Waals surface area contributed by atoms with Gasteiger partial charge in [0.05, 0.1) is 11.3 Å². The van der Waals surface area contributed by atoms with Crippen LogP contribution in [0.1, 0.15) is 62.7 Å². The molecular formula is C17H26N2O4S. The summed E-state index contributed by atoms with van der Waals surface area (Å²) in [5, 5.41) is 12.4. The Morgan fingerprint density at radius 2 is 2.00 bits per heavy atom. The maximum atomic E-state index is 12.8. The highest BCUT2D eigenvalue weighted by Crippen LogP contribution is 2.27. The fourth-order valence-corrected chi connectivity index (χ4v) is 4.59. The molecule has 0 spiro atoms. The lowest BCUT2D eigenvalue weighted by molar-refractivity contribution is 0.0696. The van der Waals surface area contributed by atoms with Gasteiger partial charge in [-0.2, -0.15) is 0 Å². The number of anilines is 1. The summed E-state index contributed by atoms with van der Waals surface area (Å²) in [5.74, 6) is -1.14. The highest BCUT2D eigenvalue weighted by atomic mass is 32.2. The molecular weight excluding hydrogens is 328 g/mol. The smallest absolute Gasteiger partial charge is 0.335 e. The summed E-state index contributed by atoms with van der Waals surface area (Å²) in [5.41, 5.74) is 0.418. The maximum Gasteiger partial charge on any atom is 0.335 e. The minimum atomic E-state index is -3.77. The summed E-state index contributed by atoms with van der Waals surface area (Å²) in [6.07, 6.45) is 5.56. The Balaban J connectivity index is 2.35. The molecule has 24 heavy (non-hydrogen) atoms. The summed E-state index contributed by atoms with van der Waals surface area (Å²) < 4.78 is 28.3.